The number of amides is 1. The Bertz CT molecular complexity index is 993. The Labute approximate surface area is 152 Å². The lowest BCUT2D eigenvalue weighted by Gasteiger charge is -2.24. The van der Waals surface area contributed by atoms with E-state index in [1.165, 1.54) is 0 Å². The second-order valence-electron chi connectivity index (χ2n) is 6.88. The number of nitriles is 1. The molecule has 6 heteroatoms. The molecule has 1 aliphatic heterocycles. The zero-order valence-corrected chi connectivity index (χ0v) is 14.8. The Balaban J connectivity index is 1.64. The molecule has 1 aromatic carbocycles. The fourth-order valence-electron chi connectivity index (χ4n) is 3.85. The van der Waals surface area contributed by atoms with Crippen LogP contribution in [0.1, 0.15) is 28.8 Å². The van der Waals surface area contributed by atoms with Crippen LogP contribution >= 0.6 is 0 Å². The minimum absolute atomic E-state index is 0.0456. The molecule has 0 aliphatic carbocycles. The molecule has 0 saturated carbocycles. The summed E-state index contributed by atoms with van der Waals surface area (Å²) >= 11 is 0. The van der Waals surface area contributed by atoms with Crippen LogP contribution in [0.5, 0.6) is 0 Å². The fourth-order valence-corrected chi connectivity index (χ4v) is 3.85. The lowest BCUT2D eigenvalue weighted by molar-refractivity contribution is 0.0723. The van der Waals surface area contributed by atoms with Gasteiger partial charge in [-0.25, -0.2) is 0 Å². The van der Waals surface area contributed by atoms with Gasteiger partial charge in [-0.2, -0.15) is 10.4 Å². The molecule has 3 aromatic rings. The maximum atomic E-state index is 13.3. The Hall–Kier alpha value is -3.07. The Morgan fingerprint density at radius 3 is 2.96 bits per heavy atom. The molecular formula is C20H21N5O. The van der Waals surface area contributed by atoms with E-state index < -0.39 is 0 Å². The van der Waals surface area contributed by atoms with E-state index in [0.29, 0.717) is 5.56 Å². The number of benzene rings is 1. The zero-order valence-electron chi connectivity index (χ0n) is 14.8. The van der Waals surface area contributed by atoms with Crippen molar-refractivity contribution in [3.05, 3.63) is 54.0 Å². The van der Waals surface area contributed by atoms with Crippen molar-refractivity contribution >= 4 is 16.8 Å². The van der Waals surface area contributed by atoms with E-state index in [-0.39, 0.29) is 18.5 Å². The fraction of sp³-hybridized carbons (Fsp3) is 0.350. The molecule has 26 heavy (non-hydrogen) atoms. The summed E-state index contributed by atoms with van der Waals surface area (Å²) in [7, 11) is 0. The number of aromatic nitrogens is 3. The maximum absolute atomic E-state index is 13.3. The number of fused-ring (bicyclic) bond motifs is 1. The highest BCUT2D eigenvalue weighted by Crippen LogP contribution is 2.27. The average Bonchev–Trinajstić information content (AvgIpc) is 3.35. The standard InChI is InChI=1S/C20H21N5O/c1-15-11-22-24(12-15)13-16-5-4-9-25(16)20(26)18-14-23(10-8-21)19-7-3-2-6-17(18)19/h2-3,6-7,11-12,14,16H,4-5,9-10,13H2,1H3/t16-/m1/s1. The van der Waals surface area contributed by atoms with Gasteiger partial charge in [-0.05, 0) is 31.4 Å². The normalized spacial score (nSPS) is 16.9. The van der Waals surface area contributed by atoms with E-state index in [1.54, 1.807) is 0 Å². The summed E-state index contributed by atoms with van der Waals surface area (Å²) in [6, 6.07) is 10.1. The molecule has 1 amide bonds. The SMILES string of the molecule is Cc1cnn(C[C@H]2CCCN2C(=O)c2cn(CC#N)c3ccccc23)c1. The van der Waals surface area contributed by atoms with E-state index >= 15 is 0 Å². The number of rotatable bonds is 4. The van der Waals surface area contributed by atoms with Crippen molar-refractivity contribution in [1.82, 2.24) is 19.2 Å². The van der Waals surface area contributed by atoms with Gasteiger partial charge in [0.2, 0.25) is 0 Å². The highest BCUT2D eigenvalue weighted by molar-refractivity contribution is 6.07. The van der Waals surface area contributed by atoms with Crippen molar-refractivity contribution in [1.29, 1.82) is 5.26 Å². The van der Waals surface area contributed by atoms with Crippen LogP contribution in [0.4, 0.5) is 0 Å². The van der Waals surface area contributed by atoms with Crippen molar-refractivity contribution in [2.45, 2.75) is 38.9 Å². The Morgan fingerprint density at radius 2 is 2.19 bits per heavy atom. The summed E-state index contributed by atoms with van der Waals surface area (Å²) in [4.78, 5) is 15.3. The van der Waals surface area contributed by atoms with Crippen molar-refractivity contribution < 1.29 is 4.79 Å². The Kier molecular flexibility index (Phi) is 4.21. The minimum atomic E-state index is 0.0456. The third kappa shape index (κ3) is 2.86. The maximum Gasteiger partial charge on any atom is 0.256 e. The first kappa shape index (κ1) is 16.4. The second kappa shape index (κ2) is 6.68. The molecule has 1 aliphatic rings. The molecule has 1 saturated heterocycles. The molecule has 0 spiro atoms. The van der Waals surface area contributed by atoms with Gasteiger partial charge in [0, 0.05) is 29.8 Å². The van der Waals surface area contributed by atoms with Crippen LogP contribution in [0.2, 0.25) is 0 Å². The quantitative estimate of drug-likeness (QED) is 0.729. The number of carbonyl (C=O) groups excluding carboxylic acids is 1. The van der Waals surface area contributed by atoms with Crippen LogP contribution in [0.15, 0.2) is 42.9 Å². The molecule has 6 nitrogen and oxygen atoms in total. The molecule has 1 atom stereocenters. The summed E-state index contributed by atoms with van der Waals surface area (Å²) in [6.07, 6.45) is 7.68. The van der Waals surface area contributed by atoms with Crippen LogP contribution in [0.25, 0.3) is 10.9 Å². The van der Waals surface area contributed by atoms with Crippen LogP contribution in [-0.4, -0.2) is 37.7 Å². The summed E-state index contributed by atoms with van der Waals surface area (Å²) in [5.41, 5.74) is 2.73. The smallest absolute Gasteiger partial charge is 0.256 e. The van der Waals surface area contributed by atoms with Gasteiger partial charge in [-0.3, -0.25) is 9.48 Å². The molecule has 0 radical (unpaired) electrons. The lowest BCUT2D eigenvalue weighted by Crippen LogP contribution is -2.38. The van der Waals surface area contributed by atoms with E-state index in [1.807, 2.05) is 63.9 Å². The van der Waals surface area contributed by atoms with E-state index in [4.69, 9.17) is 5.26 Å². The van der Waals surface area contributed by atoms with Gasteiger partial charge in [-0.15, -0.1) is 0 Å². The predicted molar refractivity (Wildman–Crippen MR) is 98.6 cm³/mol. The largest absolute Gasteiger partial charge is 0.334 e. The molecule has 0 bridgehead atoms. The topological polar surface area (TPSA) is 66.8 Å². The summed E-state index contributed by atoms with van der Waals surface area (Å²) in [6.45, 7) is 3.74. The van der Waals surface area contributed by atoms with Crippen molar-refractivity contribution in [2.24, 2.45) is 0 Å². The van der Waals surface area contributed by atoms with E-state index in [9.17, 15) is 4.79 Å². The molecule has 3 heterocycles. The minimum Gasteiger partial charge on any atom is -0.334 e. The Morgan fingerprint density at radius 1 is 1.35 bits per heavy atom. The number of hydrogen-bond donors (Lipinski definition) is 0. The highest BCUT2D eigenvalue weighted by Gasteiger charge is 2.31. The monoisotopic (exact) mass is 347 g/mol. The van der Waals surface area contributed by atoms with Gasteiger partial charge in [0.15, 0.2) is 0 Å². The molecular weight excluding hydrogens is 326 g/mol. The van der Waals surface area contributed by atoms with Crippen LogP contribution in [-0.2, 0) is 13.1 Å². The van der Waals surface area contributed by atoms with Crippen LogP contribution in [0.3, 0.4) is 0 Å². The third-order valence-corrected chi connectivity index (χ3v) is 5.06. The van der Waals surface area contributed by atoms with E-state index in [0.717, 1.165) is 42.4 Å². The molecule has 4 rings (SSSR count). The number of nitrogens with zero attached hydrogens (tertiary/aromatic N) is 5. The predicted octanol–water partition coefficient (Wildman–Crippen LogP) is 2.97. The van der Waals surface area contributed by atoms with Crippen LogP contribution < -0.4 is 0 Å². The van der Waals surface area contributed by atoms with Gasteiger partial charge in [0.25, 0.3) is 5.91 Å². The van der Waals surface area contributed by atoms with E-state index in [2.05, 4.69) is 11.2 Å². The summed E-state index contributed by atoms with van der Waals surface area (Å²) < 4.78 is 3.77. The van der Waals surface area contributed by atoms with Crippen molar-refractivity contribution in [2.75, 3.05) is 6.54 Å². The molecule has 132 valence electrons. The number of para-hydroxylation sites is 1. The number of hydrogen-bond acceptors (Lipinski definition) is 3. The number of likely N-dealkylation sites (tertiary alicyclic amines) is 1. The number of aryl methyl sites for hydroxylation is 1. The van der Waals surface area contributed by atoms with Crippen molar-refractivity contribution in [3.8, 4) is 6.07 Å². The van der Waals surface area contributed by atoms with Gasteiger partial charge in [0.1, 0.15) is 6.54 Å². The first-order valence-electron chi connectivity index (χ1n) is 8.92. The molecule has 2 aromatic heterocycles. The highest BCUT2D eigenvalue weighted by atomic mass is 16.2. The third-order valence-electron chi connectivity index (χ3n) is 5.06. The first-order valence-corrected chi connectivity index (χ1v) is 8.92. The van der Waals surface area contributed by atoms with Gasteiger partial charge < -0.3 is 9.47 Å². The second-order valence-corrected chi connectivity index (χ2v) is 6.88. The first-order chi connectivity index (χ1) is 12.7. The molecule has 1 fully saturated rings. The van der Waals surface area contributed by atoms with Gasteiger partial charge >= 0.3 is 0 Å². The summed E-state index contributed by atoms with van der Waals surface area (Å²) in [5, 5.41) is 14.3. The molecule has 0 N–H and O–H groups in total. The number of carbonyl (C=O) groups is 1. The van der Waals surface area contributed by atoms with Gasteiger partial charge in [-0.1, -0.05) is 18.2 Å². The van der Waals surface area contributed by atoms with Gasteiger partial charge in [0.05, 0.1) is 30.4 Å². The zero-order chi connectivity index (χ0) is 18.1. The van der Waals surface area contributed by atoms with Crippen molar-refractivity contribution in [3.63, 3.8) is 0 Å². The lowest BCUT2D eigenvalue weighted by atomic mass is 10.1. The summed E-state index contributed by atoms with van der Waals surface area (Å²) in [5.74, 6) is 0.0456. The van der Waals surface area contributed by atoms with Crippen LogP contribution in [0, 0.1) is 18.3 Å². The molecule has 0 unspecified atom stereocenters. The average molecular weight is 347 g/mol.